The van der Waals surface area contributed by atoms with E-state index < -0.39 is 17.3 Å². The van der Waals surface area contributed by atoms with E-state index in [-0.39, 0.29) is 16.3 Å². The topological polar surface area (TPSA) is 70.2 Å². The second-order valence-corrected chi connectivity index (χ2v) is 3.00. The number of carboxylic acids is 1. The van der Waals surface area contributed by atoms with Crippen LogP contribution in [0, 0.1) is 5.82 Å². The number of carbonyl (C=O) groups is 1. The lowest BCUT2D eigenvalue weighted by molar-refractivity contribution is 0.0698. The number of rotatable bonds is 1. The number of hydrogen-bond acceptors (Lipinski definition) is 2. The van der Waals surface area contributed by atoms with Gasteiger partial charge in [-0.25, -0.2) is 9.18 Å². The minimum Gasteiger partial charge on any atom is -0.478 e. The van der Waals surface area contributed by atoms with Crippen molar-refractivity contribution < 1.29 is 14.3 Å². The van der Waals surface area contributed by atoms with E-state index in [1.165, 1.54) is 12.1 Å². The normalized spacial score (nSPS) is 10.5. The first-order valence-corrected chi connectivity index (χ1v) is 4.14. The van der Waals surface area contributed by atoms with E-state index in [9.17, 15) is 14.0 Å². The van der Waals surface area contributed by atoms with Crippen molar-refractivity contribution in [2.75, 3.05) is 0 Å². The molecule has 1 heterocycles. The largest absolute Gasteiger partial charge is 0.478 e. The van der Waals surface area contributed by atoms with Crippen LogP contribution >= 0.6 is 0 Å². The van der Waals surface area contributed by atoms with Crippen LogP contribution < -0.4 is 5.56 Å². The standard InChI is InChI=1S/C10H6FNO3/c11-7-3-1-2-5-6(10(14)15)4-12-9(13)8(5)7/h1-4H,(H,12,13)(H,14,15). The highest BCUT2D eigenvalue weighted by Gasteiger charge is 2.12. The average Bonchev–Trinajstić information content (AvgIpc) is 2.17. The third-order valence-corrected chi connectivity index (χ3v) is 2.11. The van der Waals surface area contributed by atoms with Crippen molar-refractivity contribution in [1.29, 1.82) is 0 Å². The van der Waals surface area contributed by atoms with Crippen molar-refractivity contribution in [3.63, 3.8) is 0 Å². The molecule has 2 N–H and O–H groups in total. The summed E-state index contributed by atoms with van der Waals surface area (Å²) in [6, 6.07) is 3.88. The van der Waals surface area contributed by atoms with Gasteiger partial charge >= 0.3 is 5.97 Å². The first kappa shape index (κ1) is 9.39. The van der Waals surface area contributed by atoms with Gasteiger partial charge in [0.2, 0.25) is 0 Å². The molecule has 0 radical (unpaired) electrons. The molecule has 1 aromatic carbocycles. The highest BCUT2D eigenvalue weighted by atomic mass is 19.1. The lowest BCUT2D eigenvalue weighted by atomic mass is 10.1. The van der Waals surface area contributed by atoms with Crippen molar-refractivity contribution >= 4 is 16.7 Å². The number of carboxylic acid groups (broad SMARTS) is 1. The molecule has 15 heavy (non-hydrogen) atoms. The van der Waals surface area contributed by atoms with Crippen molar-refractivity contribution in [3.8, 4) is 0 Å². The molecule has 0 saturated carbocycles. The van der Waals surface area contributed by atoms with Gasteiger partial charge in [-0.15, -0.1) is 0 Å². The van der Waals surface area contributed by atoms with Gasteiger partial charge in [0.1, 0.15) is 5.82 Å². The molecule has 0 atom stereocenters. The van der Waals surface area contributed by atoms with E-state index in [1.54, 1.807) is 0 Å². The van der Waals surface area contributed by atoms with Gasteiger partial charge in [-0.1, -0.05) is 12.1 Å². The molecule has 0 amide bonds. The Hall–Kier alpha value is -2.17. The molecule has 5 heteroatoms. The number of aromatic amines is 1. The first-order chi connectivity index (χ1) is 7.11. The summed E-state index contributed by atoms with van der Waals surface area (Å²) >= 11 is 0. The zero-order valence-electron chi connectivity index (χ0n) is 7.45. The molecular formula is C10H6FNO3. The number of aromatic nitrogens is 1. The summed E-state index contributed by atoms with van der Waals surface area (Å²) in [5.41, 5.74) is -0.753. The number of pyridine rings is 1. The Balaban J connectivity index is 3.01. The van der Waals surface area contributed by atoms with Crippen molar-refractivity contribution in [2.45, 2.75) is 0 Å². The van der Waals surface area contributed by atoms with Gasteiger partial charge in [0.25, 0.3) is 5.56 Å². The first-order valence-electron chi connectivity index (χ1n) is 4.14. The summed E-state index contributed by atoms with van der Waals surface area (Å²) in [5.74, 6) is -1.93. The van der Waals surface area contributed by atoms with E-state index in [0.29, 0.717) is 0 Å². The quantitative estimate of drug-likeness (QED) is 0.741. The molecule has 0 fully saturated rings. The van der Waals surface area contributed by atoms with Crippen LogP contribution in [-0.4, -0.2) is 16.1 Å². The van der Waals surface area contributed by atoms with Gasteiger partial charge in [-0.05, 0) is 6.07 Å². The highest BCUT2D eigenvalue weighted by molar-refractivity contribution is 6.02. The second kappa shape index (κ2) is 3.20. The number of hydrogen-bond donors (Lipinski definition) is 2. The average molecular weight is 207 g/mol. The van der Waals surface area contributed by atoms with Gasteiger partial charge in [0, 0.05) is 11.6 Å². The van der Waals surface area contributed by atoms with Crippen LogP contribution in [0.5, 0.6) is 0 Å². The number of aromatic carboxylic acids is 1. The Morgan fingerprint density at radius 1 is 1.40 bits per heavy atom. The summed E-state index contributed by atoms with van der Waals surface area (Å²) in [6.07, 6.45) is 1.06. The van der Waals surface area contributed by atoms with Gasteiger partial charge in [-0.3, -0.25) is 4.79 Å². The van der Waals surface area contributed by atoms with Gasteiger partial charge in [0.15, 0.2) is 0 Å². The Bertz CT molecular complexity index is 603. The fourth-order valence-corrected chi connectivity index (χ4v) is 1.44. The summed E-state index contributed by atoms with van der Waals surface area (Å²) in [5, 5.41) is 8.70. The maximum absolute atomic E-state index is 13.3. The summed E-state index contributed by atoms with van der Waals surface area (Å²) in [4.78, 5) is 24.3. The van der Waals surface area contributed by atoms with E-state index in [2.05, 4.69) is 4.98 Å². The van der Waals surface area contributed by atoms with Crippen molar-refractivity contribution in [3.05, 3.63) is 46.1 Å². The highest BCUT2D eigenvalue weighted by Crippen LogP contribution is 2.17. The predicted octanol–water partition coefficient (Wildman–Crippen LogP) is 1.37. The van der Waals surface area contributed by atoms with E-state index >= 15 is 0 Å². The van der Waals surface area contributed by atoms with E-state index in [4.69, 9.17) is 5.11 Å². The maximum Gasteiger partial charge on any atom is 0.337 e. The van der Waals surface area contributed by atoms with Crippen LogP contribution in [0.1, 0.15) is 10.4 Å². The molecule has 0 bridgehead atoms. The van der Waals surface area contributed by atoms with Crippen LogP contribution in [0.4, 0.5) is 4.39 Å². The Morgan fingerprint density at radius 2 is 2.13 bits per heavy atom. The summed E-state index contributed by atoms with van der Waals surface area (Å²) in [6.45, 7) is 0. The van der Waals surface area contributed by atoms with Crippen LogP contribution in [0.3, 0.4) is 0 Å². The van der Waals surface area contributed by atoms with E-state index in [0.717, 1.165) is 12.3 Å². The van der Waals surface area contributed by atoms with Crippen LogP contribution in [0.2, 0.25) is 0 Å². The molecule has 2 aromatic rings. The number of fused-ring (bicyclic) bond motifs is 1. The van der Waals surface area contributed by atoms with Crippen LogP contribution in [-0.2, 0) is 0 Å². The lowest BCUT2D eigenvalue weighted by Gasteiger charge is -2.01. The third-order valence-electron chi connectivity index (χ3n) is 2.11. The zero-order valence-corrected chi connectivity index (χ0v) is 7.45. The molecule has 0 spiro atoms. The molecule has 2 rings (SSSR count). The molecule has 0 aliphatic rings. The zero-order chi connectivity index (χ0) is 11.0. The minimum absolute atomic E-state index is 0.103. The fourth-order valence-electron chi connectivity index (χ4n) is 1.44. The molecule has 0 unspecified atom stereocenters. The Morgan fingerprint density at radius 3 is 2.80 bits per heavy atom. The molecule has 1 aromatic heterocycles. The molecule has 0 aliphatic carbocycles. The van der Waals surface area contributed by atoms with E-state index in [1.807, 2.05) is 0 Å². The minimum atomic E-state index is -1.21. The van der Waals surface area contributed by atoms with Gasteiger partial charge in [0.05, 0.1) is 10.9 Å². The fraction of sp³-hybridized carbons (Fsp3) is 0. The monoisotopic (exact) mass is 207 g/mol. The molecule has 0 saturated heterocycles. The lowest BCUT2D eigenvalue weighted by Crippen LogP contribution is -2.11. The summed E-state index contributed by atoms with van der Waals surface area (Å²) in [7, 11) is 0. The Labute approximate surface area is 83.0 Å². The number of halogens is 1. The third kappa shape index (κ3) is 1.38. The Kier molecular flexibility index (Phi) is 2.00. The number of nitrogens with one attached hydrogen (secondary N) is 1. The molecule has 0 aliphatic heterocycles. The summed E-state index contributed by atoms with van der Waals surface area (Å²) < 4.78 is 13.3. The SMILES string of the molecule is O=C(O)c1c[nH]c(=O)c2c(F)cccc12. The smallest absolute Gasteiger partial charge is 0.337 e. The molecular weight excluding hydrogens is 201 g/mol. The predicted molar refractivity (Wildman–Crippen MR) is 51.5 cm³/mol. The van der Waals surface area contributed by atoms with Crippen LogP contribution in [0.15, 0.2) is 29.2 Å². The molecule has 76 valence electrons. The van der Waals surface area contributed by atoms with Crippen molar-refractivity contribution in [2.24, 2.45) is 0 Å². The number of benzene rings is 1. The van der Waals surface area contributed by atoms with Crippen molar-refractivity contribution in [1.82, 2.24) is 4.98 Å². The van der Waals surface area contributed by atoms with Crippen LogP contribution in [0.25, 0.3) is 10.8 Å². The van der Waals surface area contributed by atoms with Gasteiger partial charge in [-0.2, -0.15) is 0 Å². The van der Waals surface area contributed by atoms with Gasteiger partial charge < -0.3 is 10.1 Å². The number of H-pyrrole nitrogens is 1. The molecule has 4 nitrogen and oxygen atoms in total. The second-order valence-electron chi connectivity index (χ2n) is 3.00. The maximum atomic E-state index is 13.3.